The van der Waals surface area contributed by atoms with Crippen molar-refractivity contribution in [1.29, 1.82) is 0 Å². The van der Waals surface area contributed by atoms with E-state index < -0.39 is 0 Å². The van der Waals surface area contributed by atoms with Crippen LogP contribution in [-0.4, -0.2) is 26.5 Å². The number of rotatable bonds is 5. The van der Waals surface area contributed by atoms with E-state index in [2.05, 4.69) is 12.2 Å². The van der Waals surface area contributed by atoms with Crippen LogP contribution in [0, 0.1) is 19.7 Å². The first-order chi connectivity index (χ1) is 14.8. The Morgan fingerprint density at radius 3 is 2.74 bits per heavy atom. The first-order valence-electron chi connectivity index (χ1n) is 9.90. The number of fused-ring (bicyclic) bond motifs is 1. The SMILES string of the molecule is Cc1ccc(C)c(NC(=O)CSc2nc3c(c(=O)n2-c2ccc(F)cc2)SC(C)C3)c1. The summed E-state index contributed by atoms with van der Waals surface area (Å²) in [5.74, 6) is -0.458. The maximum Gasteiger partial charge on any atom is 0.272 e. The molecular formula is C23H22FN3O2S2. The largest absolute Gasteiger partial charge is 0.325 e. The lowest BCUT2D eigenvalue weighted by atomic mass is 10.1. The Kier molecular flexibility index (Phi) is 6.20. The van der Waals surface area contributed by atoms with Gasteiger partial charge in [0.25, 0.3) is 5.56 Å². The predicted octanol–water partition coefficient (Wildman–Crippen LogP) is 4.76. The maximum absolute atomic E-state index is 13.4. The molecule has 5 nitrogen and oxygen atoms in total. The van der Waals surface area contributed by atoms with Gasteiger partial charge in [-0.1, -0.05) is 30.8 Å². The van der Waals surface area contributed by atoms with E-state index in [9.17, 15) is 14.0 Å². The van der Waals surface area contributed by atoms with Gasteiger partial charge in [0.2, 0.25) is 5.91 Å². The van der Waals surface area contributed by atoms with Crippen molar-refractivity contribution in [3.05, 3.63) is 75.5 Å². The molecule has 1 aliphatic rings. The fraction of sp³-hybridized carbons (Fsp3) is 0.261. The number of nitrogens with one attached hydrogen (secondary N) is 1. The fourth-order valence-corrected chi connectivity index (χ4v) is 5.33. The first-order valence-corrected chi connectivity index (χ1v) is 11.8. The quantitative estimate of drug-likeness (QED) is 0.444. The Bertz CT molecular complexity index is 1210. The third-order valence-corrected chi connectivity index (χ3v) is 7.12. The molecular weight excluding hydrogens is 433 g/mol. The highest BCUT2D eigenvalue weighted by Gasteiger charge is 2.27. The average Bonchev–Trinajstić information content (AvgIpc) is 3.11. The van der Waals surface area contributed by atoms with Crippen molar-refractivity contribution in [2.75, 3.05) is 11.1 Å². The molecule has 1 unspecified atom stereocenters. The molecule has 1 N–H and O–H groups in total. The normalized spacial score (nSPS) is 15.0. The van der Waals surface area contributed by atoms with Crippen LogP contribution < -0.4 is 10.9 Å². The number of amides is 1. The average molecular weight is 456 g/mol. The van der Waals surface area contributed by atoms with Crippen molar-refractivity contribution in [3.63, 3.8) is 0 Å². The molecule has 0 bridgehead atoms. The van der Waals surface area contributed by atoms with E-state index in [4.69, 9.17) is 4.98 Å². The van der Waals surface area contributed by atoms with Crippen LogP contribution >= 0.6 is 23.5 Å². The second kappa shape index (κ2) is 8.88. The molecule has 31 heavy (non-hydrogen) atoms. The van der Waals surface area contributed by atoms with Crippen molar-refractivity contribution in [1.82, 2.24) is 9.55 Å². The topological polar surface area (TPSA) is 64.0 Å². The van der Waals surface area contributed by atoms with Gasteiger partial charge in [0.1, 0.15) is 5.82 Å². The summed E-state index contributed by atoms with van der Waals surface area (Å²) in [6.07, 6.45) is 0.710. The first kappa shape index (κ1) is 21.6. The summed E-state index contributed by atoms with van der Waals surface area (Å²) in [5, 5.41) is 3.63. The molecule has 8 heteroatoms. The molecule has 3 aromatic rings. The minimum Gasteiger partial charge on any atom is -0.325 e. The molecule has 2 aromatic carbocycles. The molecule has 0 spiro atoms. The number of hydrogen-bond donors (Lipinski definition) is 1. The molecule has 0 aliphatic carbocycles. The number of benzene rings is 2. The number of hydrogen-bond acceptors (Lipinski definition) is 5. The second-order valence-electron chi connectivity index (χ2n) is 7.57. The van der Waals surface area contributed by atoms with Gasteiger partial charge in [-0.2, -0.15) is 0 Å². The molecule has 1 aromatic heterocycles. The third kappa shape index (κ3) is 4.70. The highest BCUT2D eigenvalue weighted by Crippen LogP contribution is 2.35. The highest BCUT2D eigenvalue weighted by atomic mass is 32.2. The van der Waals surface area contributed by atoms with Gasteiger partial charge in [-0.25, -0.2) is 9.37 Å². The Morgan fingerprint density at radius 1 is 1.26 bits per heavy atom. The van der Waals surface area contributed by atoms with Crippen LogP contribution in [0.3, 0.4) is 0 Å². The number of halogens is 1. The van der Waals surface area contributed by atoms with E-state index in [1.165, 1.54) is 40.2 Å². The summed E-state index contributed by atoms with van der Waals surface area (Å²) in [6, 6.07) is 11.6. The third-order valence-electron chi connectivity index (χ3n) is 4.97. The Balaban J connectivity index is 1.63. The van der Waals surface area contributed by atoms with E-state index >= 15 is 0 Å². The lowest BCUT2D eigenvalue weighted by molar-refractivity contribution is -0.113. The molecule has 1 amide bonds. The summed E-state index contributed by atoms with van der Waals surface area (Å²) in [6.45, 7) is 5.96. The van der Waals surface area contributed by atoms with Crippen LogP contribution in [0.25, 0.3) is 5.69 Å². The number of anilines is 1. The molecule has 1 atom stereocenters. The number of aryl methyl sites for hydroxylation is 2. The Morgan fingerprint density at radius 2 is 2.00 bits per heavy atom. The van der Waals surface area contributed by atoms with Gasteiger partial charge in [0, 0.05) is 17.4 Å². The minimum atomic E-state index is -0.379. The standard InChI is InChI=1S/C23H22FN3O2S2/c1-13-4-5-14(2)18(10-13)25-20(28)12-30-23-26-19-11-15(3)31-21(19)22(29)27(23)17-8-6-16(24)7-9-17/h4-10,15H,11-12H2,1-3H3,(H,25,28). The van der Waals surface area contributed by atoms with Gasteiger partial charge in [-0.05, 0) is 55.3 Å². The zero-order chi connectivity index (χ0) is 22.1. The molecule has 4 rings (SSSR count). The van der Waals surface area contributed by atoms with E-state index in [0.717, 1.165) is 22.5 Å². The van der Waals surface area contributed by atoms with E-state index in [0.29, 0.717) is 22.2 Å². The number of nitrogens with zero attached hydrogens (tertiary/aromatic N) is 2. The van der Waals surface area contributed by atoms with E-state index in [1.54, 1.807) is 12.1 Å². The van der Waals surface area contributed by atoms with Gasteiger partial charge in [0.15, 0.2) is 5.16 Å². The molecule has 0 saturated heterocycles. The number of carbonyl (C=O) groups excluding carboxylic acids is 1. The fourth-order valence-electron chi connectivity index (χ4n) is 3.40. The highest BCUT2D eigenvalue weighted by molar-refractivity contribution is 8.00. The minimum absolute atomic E-state index is 0.0997. The Hall–Kier alpha value is -2.58. The lowest BCUT2D eigenvalue weighted by Gasteiger charge is -2.14. The smallest absolute Gasteiger partial charge is 0.272 e. The molecule has 160 valence electrons. The summed E-state index contributed by atoms with van der Waals surface area (Å²) in [5.41, 5.74) is 3.93. The van der Waals surface area contributed by atoms with Crippen molar-refractivity contribution < 1.29 is 9.18 Å². The van der Waals surface area contributed by atoms with Crippen LogP contribution in [-0.2, 0) is 11.2 Å². The Labute approximate surface area is 188 Å². The maximum atomic E-state index is 13.4. The van der Waals surface area contributed by atoms with Gasteiger partial charge in [-0.15, -0.1) is 11.8 Å². The summed E-state index contributed by atoms with van der Waals surface area (Å²) in [7, 11) is 0. The second-order valence-corrected chi connectivity index (χ2v) is 9.97. The van der Waals surface area contributed by atoms with Crippen LogP contribution in [0.15, 0.2) is 57.3 Å². The number of thioether (sulfide) groups is 2. The van der Waals surface area contributed by atoms with Gasteiger partial charge in [-0.3, -0.25) is 14.2 Å². The van der Waals surface area contributed by atoms with E-state index in [1.807, 2.05) is 32.0 Å². The summed E-state index contributed by atoms with van der Waals surface area (Å²) >= 11 is 2.71. The van der Waals surface area contributed by atoms with Crippen molar-refractivity contribution >= 4 is 35.1 Å². The van der Waals surface area contributed by atoms with Crippen molar-refractivity contribution in [2.24, 2.45) is 0 Å². The van der Waals surface area contributed by atoms with Gasteiger partial charge < -0.3 is 5.32 Å². The predicted molar refractivity (Wildman–Crippen MR) is 124 cm³/mol. The lowest BCUT2D eigenvalue weighted by Crippen LogP contribution is -2.24. The van der Waals surface area contributed by atoms with Crippen molar-refractivity contribution in [3.8, 4) is 5.69 Å². The van der Waals surface area contributed by atoms with Gasteiger partial charge >= 0.3 is 0 Å². The van der Waals surface area contributed by atoms with Crippen LogP contribution in [0.2, 0.25) is 0 Å². The van der Waals surface area contributed by atoms with Crippen LogP contribution in [0.1, 0.15) is 23.7 Å². The van der Waals surface area contributed by atoms with Crippen LogP contribution in [0.5, 0.6) is 0 Å². The number of carbonyl (C=O) groups is 1. The molecule has 0 fully saturated rings. The van der Waals surface area contributed by atoms with E-state index in [-0.39, 0.29) is 28.3 Å². The zero-order valence-electron chi connectivity index (χ0n) is 17.4. The van der Waals surface area contributed by atoms with Gasteiger partial charge in [0.05, 0.1) is 22.0 Å². The molecule has 0 saturated carbocycles. The summed E-state index contributed by atoms with van der Waals surface area (Å²) in [4.78, 5) is 31.2. The molecule has 2 heterocycles. The molecule has 0 radical (unpaired) electrons. The molecule has 1 aliphatic heterocycles. The number of aromatic nitrogens is 2. The monoisotopic (exact) mass is 455 g/mol. The van der Waals surface area contributed by atoms with Crippen molar-refractivity contribution in [2.45, 2.75) is 42.5 Å². The van der Waals surface area contributed by atoms with Crippen LogP contribution in [0.4, 0.5) is 10.1 Å². The zero-order valence-corrected chi connectivity index (χ0v) is 19.1. The summed E-state index contributed by atoms with van der Waals surface area (Å²) < 4.78 is 14.9.